The van der Waals surface area contributed by atoms with Crippen molar-refractivity contribution >= 4 is 0 Å². The van der Waals surface area contributed by atoms with E-state index in [9.17, 15) is 5.11 Å². The van der Waals surface area contributed by atoms with Crippen LogP contribution in [0.5, 0.6) is 0 Å². The molecule has 0 saturated carbocycles. The van der Waals surface area contributed by atoms with Gasteiger partial charge in [0.1, 0.15) is 6.10 Å². The van der Waals surface area contributed by atoms with E-state index >= 15 is 0 Å². The summed E-state index contributed by atoms with van der Waals surface area (Å²) in [6, 6.07) is 0. The molecule has 0 aromatic carbocycles. The maximum Gasteiger partial charge on any atom is 0.109 e. The molecule has 2 fully saturated rings. The highest BCUT2D eigenvalue weighted by Gasteiger charge is 2.49. The van der Waals surface area contributed by atoms with E-state index in [2.05, 4.69) is 13.8 Å². The van der Waals surface area contributed by atoms with Gasteiger partial charge in [-0.25, -0.2) is 0 Å². The van der Waals surface area contributed by atoms with Crippen LogP contribution < -0.4 is 0 Å². The van der Waals surface area contributed by atoms with Crippen molar-refractivity contribution in [3.8, 4) is 0 Å². The number of aliphatic hydroxyl groups is 1. The highest BCUT2D eigenvalue weighted by Crippen LogP contribution is 2.40. The third-order valence-electron chi connectivity index (χ3n) is 3.10. The summed E-state index contributed by atoms with van der Waals surface area (Å²) in [5, 5.41) is 9.92. The van der Waals surface area contributed by atoms with Crippen molar-refractivity contribution in [2.75, 3.05) is 6.61 Å². The zero-order chi connectivity index (χ0) is 9.69. The number of rotatable bonds is 4. The molecule has 0 aromatic rings. The van der Waals surface area contributed by atoms with Gasteiger partial charge in [0.2, 0.25) is 0 Å². The maximum absolute atomic E-state index is 9.92. The minimum Gasteiger partial charge on any atom is -0.387 e. The van der Waals surface area contributed by atoms with Crippen LogP contribution in [0.15, 0.2) is 0 Å². The number of hydrogen-bond acceptors (Lipinski definition) is 3. The highest BCUT2D eigenvalue weighted by atomic mass is 16.6. The molecule has 2 heterocycles. The third kappa shape index (κ3) is 2.03. The molecule has 13 heavy (non-hydrogen) atoms. The largest absolute Gasteiger partial charge is 0.387 e. The second-order valence-corrected chi connectivity index (χ2v) is 4.93. The van der Waals surface area contributed by atoms with Crippen LogP contribution in [0.4, 0.5) is 0 Å². The van der Waals surface area contributed by atoms with Crippen molar-refractivity contribution in [2.24, 2.45) is 0 Å². The quantitative estimate of drug-likeness (QED) is 0.668. The molecule has 76 valence electrons. The predicted octanol–water partition coefficient (Wildman–Crippen LogP) is 1.09. The highest BCUT2D eigenvalue weighted by molar-refractivity contribution is 4.98. The Bertz CT molecular complexity index is 206. The molecule has 3 unspecified atom stereocenters. The standard InChI is InChI=1S/C10H18O3/c1-9(2)7(13-9)4-5-10(3,11)8-6-12-8/h7-8,11H,4-6H2,1-3H3. The predicted molar refractivity (Wildman–Crippen MR) is 48.5 cm³/mol. The fourth-order valence-corrected chi connectivity index (χ4v) is 1.73. The fourth-order valence-electron chi connectivity index (χ4n) is 1.73. The zero-order valence-corrected chi connectivity index (χ0v) is 8.54. The van der Waals surface area contributed by atoms with Crippen molar-refractivity contribution in [1.29, 1.82) is 0 Å². The van der Waals surface area contributed by atoms with E-state index in [1.165, 1.54) is 0 Å². The first-order chi connectivity index (χ1) is 5.92. The van der Waals surface area contributed by atoms with Gasteiger partial charge in [0, 0.05) is 0 Å². The molecular weight excluding hydrogens is 168 g/mol. The van der Waals surface area contributed by atoms with Crippen LogP contribution in [0, 0.1) is 0 Å². The molecule has 0 aromatic heterocycles. The summed E-state index contributed by atoms with van der Waals surface area (Å²) in [5.74, 6) is 0. The molecule has 2 aliphatic heterocycles. The Balaban J connectivity index is 1.73. The first-order valence-corrected chi connectivity index (χ1v) is 4.94. The van der Waals surface area contributed by atoms with Crippen LogP contribution >= 0.6 is 0 Å². The van der Waals surface area contributed by atoms with E-state index in [-0.39, 0.29) is 11.7 Å². The lowest BCUT2D eigenvalue weighted by Crippen LogP contribution is -2.31. The maximum atomic E-state index is 9.92. The summed E-state index contributed by atoms with van der Waals surface area (Å²) in [6.07, 6.45) is 2.10. The Morgan fingerprint density at radius 3 is 2.46 bits per heavy atom. The minimum atomic E-state index is -0.651. The third-order valence-corrected chi connectivity index (χ3v) is 3.10. The monoisotopic (exact) mass is 186 g/mol. The number of epoxide rings is 2. The SMILES string of the molecule is CC(O)(CCC1OC1(C)C)C1CO1. The summed E-state index contributed by atoms with van der Waals surface area (Å²) < 4.78 is 10.5. The average molecular weight is 186 g/mol. The lowest BCUT2D eigenvalue weighted by Gasteiger charge is -2.20. The van der Waals surface area contributed by atoms with Crippen molar-refractivity contribution in [1.82, 2.24) is 0 Å². The lowest BCUT2D eigenvalue weighted by molar-refractivity contribution is 0.0181. The van der Waals surface area contributed by atoms with Crippen LogP contribution in [-0.2, 0) is 9.47 Å². The van der Waals surface area contributed by atoms with Crippen LogP contribution in [0.1, 0.15) is 33.6 Å². The molecule has 2 aliphatic rings. The molecule has 3 nitrogen and oxygen atoms in total. The topological polar surface area (TPSA) is 45.3 Å². The molecular formula is C10H18O3. The second kappa shape index (κ2) is 2.69. The Kier molecular flexibility index (Phi) is 1.95. The van der Waals surface area contributed by atoms with Gasteiger partial charge in [0.15, 0.2) is 0 Å². The van der Waals surface area contributed by atoms with E-state index in [1.54, 1.807) is 0 Å². The van der Waals surface area contributed by atoms with Crippen molar-refractivity contribution < 1.29 is 14.6 Å². The van der Waals surface area contributed by atoms with Crippen molar-refractivity contribution in [3.63, 3.8) is 0 Å². The summed E-state index contributed by atoms with van der Waals surface area (Å²) >= 11 is 0. The molecule has 1 N–H and O–H groups in total. The van der Waals surface area contributed by atoms with Gasteiger partial charge in [0.25, 0.3) is 0 Å². The first kappa shape index (κ1) is 9.44. The van der Waals surface area contributed by atoms with E-state index in [4.69, 9.17) is 9.47 Å². The van der Waals surface area contributed by atoms with Crippen molar-refractivity contribution in [2.45, 2.75) is 57.0 Å². The Morgan fingerprint density at radius 2 is 2.08 bits per heavy atom. The average Bonchev–Trinajstić information content (AvgIpc) is 2.80. The van der Waals surface area contributed by atoms with Gasteiger partial charge >= 0.3 is 0 Å². The summed E-state index contributed by atoms with van der Waals surface area (Å²) in [7, 11) is 0. The summed E-state index contributed by atoms with van der Waals surface area (Å²) in [4.78, 5) is 0. The normalized spacial score (nSPS) is 39.7. The molecule has 0 aliphatic carbocycles. The Hall–Kier alpha value is -0.120. The van der Waals surface area contributed by atoms with E-state index in [0.29, 0.717) is 12.7 Å². The Labute approximate surface area is 79.0 Å². The number of hydrogen-bond donors (Lipinski definition) is 1. The molecule has 0 spiro atoms. The van der Waals surface area contributed by atoms with Crippen LogP contribution in [-0.4, -0.2) is 35.1 Å². The minimum absolute atomic E-state index is 0.0422. The van der Waals surface area contributed by atoms with Gasteiger partial charge in [0.05, 0.1) is 23.9 Å². The Morgan fingerprint density at radius 1 is 1.54 bits per heavy atom. The fraction of sp³-hybridized carbons (Fsp3) is 1.00. The van der Waals surface area contributed by atoms with E-state index in [0.717, 1.165) is 12.8 Å². The van der Waals surface area contributed by atoms with Gasteiger partial charge in [-0.1, -0.05) is 0 Å². The van der Waals surface area contributed by atoms with Crippen molar-refractivity contribution in [3.05, 3.63) is 0 Å². The smallest absolute Gasteiger partial charge is 0.109 e. The summed E-state index contributed by atoms with van der Waals surface area (Å²) in [6.45, 7) is 6.72. The number of ether oxygens (including phenoxy) is 2. The second-order valence-electron chi connectivity index (χ2n) is 4.93. The van der Waals surface area contributed by atoms with Gasteiger partial charge in [-0.05, 0) is 33.6 Å². The molecule has 0 radical (unpaired) electrons. The van der Waals surface area contributed by atoms with Gasteiger partial charge < -0.3 is 14.6 Å². The van der Waals surface area contributed by atoms with Crippen LogP contribution in [0.2, 0.25) is 0 Å². The molecule has 0 bridgehead atoms. The summed E-state index contributed by atoms with van der Waals surface area (Å²) in [5.41, 5.74) is -0.609. The molecule has 0 amide bonds. The van der Waals surface area contributed by atoms with Gasteiger partial charge in [-0.2, -0.15) is 0 Å². The molecule has 3 atom stereocenters. The first-order valence-electron chi connectivity index (χ1n) is 4.94. The molecule has 2 saturated heterocycles. The van der Waals surface area contributed by atoms with Crippen LogP contribution in [0.25, 0.3) is 0 Å². The molecule has 3 heteroatoms. The van der Waals surface area contributed by atoms with E-state index < -0.39 is 5.60 Å². The van der Waals surface area contributed by atoms with E-state index in [1.807, 2.05) is 6.92 Å². The lowest BCUT2D eigenvalue weighted by atomic mass is 9.93. The zero-order valence-electron chi connectivity index (χ0n) is 8.54. The van der Waals surface area contributed by atoms with Gasteiger partial charge in [-0.3, -0.25) is 0 Å². The van der Waals surface area contributed by atoms with Gasteiger partial charge in [-0.15, -0.1) is 0 Å². The van der Waals surface area contributed by atoms with Crippen LogP contribution in [0.3, 0.4) is 0 Å². The molecule has 2 rings (SSSR count).